The molecule has 2 aromatic carbocycles. The summed E-state index contributed by atoms with van der Waals surface area (Å²) in [6.45, 7) is 2.27. The lowest BCUT2D eigenvalue weighted by atomic mass is 10.1. The van der Waals surface area contributed by atoms with Crippen LogP contribution in [0, 0.1) is 0 Å². The molecule has 0 aliphatic rings. The molecular weight excluding hydrogens is 422 g/mol. The van der Waals surface area contributed by atoms with Crippen molar-refractivity contribution in [3.05, 3.63) is 88.0 Å². The molecule has 0 radical (unpaired) electrons. The van der Waals surface area contributed by atoms with Crippen LogP contribution in [0.25, 0.3) is 32.4 Å². The van der Waals surface area contributed by atoms with Gasteiger partial charge in [-0.3, -0.25) is 25.0 Å². The first-order valence-corrected chi connectivity index (χ1v) is 11.0. The molecule has 2 N–H and O–H groups in total. The minimum atomic E-state index is -0.341. The molecule has 8 heteroatoms. The molecule has 0 spiro atoms. The van der Waals surface area contributed by atoms with Gasteiger partial charge in [0.1, 0.15) is 0 Å². The summed E-state index contributed by atoms with van der Waals surface area (Å²) < 4.78 is 1.49. The number of carbonyl (C=O) groups is 1. The fourth-order valence-electron chi connectivity index (χ4n) is 3.65. The number of benzene rings is 2. The van der Waals surface area contributed by atoms with Crippen molar-refractivity contribution < 1.29 is 4.79 Å². The lowest BCUT2D eigenvalue weighted by molar-refractivity contribution is 0.0963. The van der Waals surface area contributed by atoms with E-state index in [2.05, 4.69) is 15.8 Å². The Bertz CT molecular complexity index is 1510. The molecule has 0 bridgehead atoms. The van der Waals surface area contributed by atoms with Crippen molar-refractivity contribution in [2.45, 2.75) is 13.5 Å². The Morgan fingerprint density at radius 2 is 1.69 bits per heavy atom. The summed E-state index contributed by atoms with van der Waals surface area (Å²) in [5.41, 5.74) is 7.91. The fraction of sp³-hybridized carbons (Fsp3) is 0.0833. The second-order valence-corrected chi connectivity index (χ2v) is 8.08. The number of hydrogen-bond donors (Lipinski definition) is 2. The van der Waals surface area contributed by atoms with Crippen LogP contribution in [0.4, 0.5) is 5.95 Å². The molecule has 7 nitrogen and oxygen atoms in total. The molecule has 3 heterocycles. The van der Waals surface area contributed by atoms with Crippen LogP contribution in [0.1, 0.15) is 17.3 Å². The number of anilines is 1. The largest absolute Gasteiger partial charge is 0.277 e. The third-order valence-corrected chi connectivity index (χ3v) is 6.09. The summed E-state index contributed by atoms with van der Waals surface area (Å²) in [4.78, 5) is 36.2. The molecule has 158 valence electrons. The maximum Gasteiger partial charge on any atom is 0.270 e. The summed E-state index contributed by atoms with van der Waals surface area (Å²) in [6.07, 6.45) is 0. The monoisotopic (exact) mass is 441 g/mol. The number of carbonyl (C=O) groups excluding carboxylic acids is 1. The van der Waals surface area contributed by atoms with E-state index >= 15 is 0 Å². The van der Waals surface area contributed by atoms with E-state index in [9.17, 15) is 9.59 Å². The summed E-state index contributed by atoms with van der Waals surface area (Å²) in [5, 5.41) is 3.25. The molecule has 0 saturated carbocycles. The Hall–Kier alpha value is -4.04. The van der Waals surface area contributed by atoms with Gasteiger partial charge in [-0.1, -0.05) is 36.4 Å². The number of pyridine rings is 1. The Kier molecular flexibility index (Phi) is 5.12. The zero-order valence-electron chi connectivity index (χ0n) is 17.2. The molecule has 1 amide bonds. The highest BCUT2D eigenvalue weighted by molar-refractivity contribution is 7.13. The number of amides is 1. The third-order valence-electron chi connectivity index (χ3n) is 5.20. The first-order valence-electron chi connectivity index (χ1n) is 10.2. The van der Waals surface area contributed by atoms with E-state index in [1.54, 1.807) is 35.6 Å². The van der Waals surface area contributed by atoms with Gasteiger partial charge in [0.15, 0.2) is 0 Å². The van der Waals surface area contributed by atoms with E-state index in [4.69, 9.17) is 4.98 Å². The molecule has 0 saturated heterocycles. The van der Waals surface area contributed by atoms with Gasteiger partial charge in [0.25, 0.3) is 11.5 Å². The average molecular weight is 442 g/mol. The number of hydrazine groups is 1. The quantitative estimate of drug-likeness (QED) is 0.394. The van der Waals surface area contributed by atoms with E-state index in [1.807, 2.05) is 54.8 Å². The van der Waals surface area contributed by atoms with Crippen LogP contribution in [-0.2, 0) is 6.54 Å². The van der Waals surface area contributed by atoms with E-state index in [1.165, 1.54) is 4.57 Å². The van der Waals surface area contributed by atoms with Gasteiger partial charge >= 0.3 is 0 Å². The van der Waals surface area contributed by atoms with Crippen molar-refractivity contribution in [2.24, 2.45) is 0 Å². The molecule has 5 rings (SSSR count). The predicted molar refractivity (Wildman–Crippen MR) is 128 cm³/mol. The van der Waals surface area contributed by atoms with Crippen molar-refractivity contribution >= 4 is 45.0 Å². The highest BCUT2D eigenvalue weighted by Crippen LogP contribution is 2.27. The number of thiophene rings is 1. The van der Waals surface area contributed by atoms with Gasteiger partial charge in [-0.2, -0.15) is 0 Å². The maximum atomic E-state index is 13.2. The van der Waals surface area contributed by atoms with Crippen molar-refractivity contribution in [1.29, 1.82) is 0 Å². The van der Waals surface area contributed by atoms with Gasteiger partial charge in [0, 0.05) is 11.9 Å². The predicted octanol–water partition coefficient (Wildman–Crippen LogP) is 4.45. The van der Waals surface area contributed by atoms with Gasteiger partial charge in [-0.15, -0.1) is 11.3 Å². The van der Waals surface area contributed by atoms with Crippen LogP contribution in [0.3, 0.4) is 0 Å². The average Bonchev–Trinajstić information content (AvgIpc) is 3.37. The highest BCUT2D eigenvalue weighted by atomic mass is 32.1. The van der Waals surface area contributed by atoms with Gasteiger partial charge < -0.3 is 0 Å². The van der Waals surface area contributed by atoms with Crippen LogP contribution in [-0.4, -0.2) is 20.4 Å². The number of rotatable bonds is 5. The molecule has 0 aliphatic heterocycles. The number of aromatic nitrogens is 3. The van der Waals surface area contributed by atoms with Crippen LogP contribution >= 0.6 is 11.3 Å². The smallest absolute Gasteiger partial charge is 0.270 e. The van der Waals surface area contributed by atoms with Gasteiger partial charge in [0.2, 0.25) is 5.95 Å². The Labute approximate surface area is 187 Å². The van der Waals surface area contributed by atoms with Crippen molar-refractivity contribution in [3.63, 3.8) is 0 Å². The number of nitrogens with zero attached hydrogens (tertiary/aromatic N) is 3. The lowest BCUT2D eigenvalue weighted by Crippen LogP contribution is -2.34. The van der Waals surface area contributed by atoms with Crippen LogP contribution in [0.2, 0.25) is 0 Å². The first-order chi connectivity index (χ1) is 15.7. The van der Waals surface area contributed by atoms with Crippen LogP contribution in [0.5, 0.6) is 0 Å². The van der Waals surface area contributed by atoms with Gasteiger partial charge in [-0.05, 0) is 42.6 Å². The van der Waals surface area contributed by atoms with Crippen molar-refractivity contribution in [3.8, 4) is 10.6 Å². The van der Waals surface area contributed by atoms with Crippen LogP contribution in [0.15, 0.2) is 76.9 Å². The molecular formula is C24H19N5O2S. The fourth-order valence-corrected chi connectivity index (χ4v) is 4.34. The van der Waals surface area contributed by atoms with Gasteiger partial charge in [-0.25, -0.2) is 9.97 Å². The zero-order chi connectivity index (χ0) is 22.1. The maximum absolute atomic E-state index is 13.2. The SMILES string of the molecule is CCn1c(NNC(=O)c2cc(-c3cccs3)nc3ccccc23)nc2ccccc2c1=O. The molecule has 5 aromatic rings. The Morgan fingerprint density at radius 3 is 2.41 bits per heavy atom. The van der Waals surface area contributed by atoms with Crippen LogP contribution < -0.4 is 16.4 Å². The zero-order valence-corrected chi connectivity index (χ0v) is 18.0. The molecule has 32 heavy (non-hydrogen) atoms. The lowest BCUT2D eigenvalue weighted by Gasteiger charge is -2.15. The molecule has 0 atom stereocenters. The number of hydrogen-bond acceptors (Lipinski definition) is 6. The topological polar surface area (TPSA) is 88.9 Å². The number of nitrogens with one attached hydrogen (secondary N) is 2. The minimum Gasteiger partial charge on any atom is -0.277 e. The minimum absolute atomic E-state index is 0.163. The standard InChI is InChI=1S/C24H19N5O2S/c1-2-29-23(31)16-9-4-6-11-19(16)26-24(29)28-27-22(30)17-14-20(21-12-7-13-32-21)25-18-10-5-3-8-15(17)18/h3-14H,2H2,1H3,(H,26,28)(H,27,30). The molecule has 0 unspecified atom stereocenters. The summed E-state index contributed by atoms with van der Waals surface area (Å²) in [5.74, 6) is -0.0622. The Balaban J connectivity index is 1.52. The number of fused-ring (bicyclic) bond motifs is 2. The second-order valence-electron chi connectivity index (χ2n) is 7.13. The summed E-state index contributed by atoms with van der Waals surface area (Å²) in [7, 11) is 0. The molecule has 0 fully saturated rings. The third kappa shape index (κ3) is 3.50. The van der Waals surface area contributed by atoms with E-state index in [0.29, 0.717) is 23.0 Å². The normalized spacial score (nSPS) is 11.0. The van der Waals surface area contributed by atoms with Crippen molar-refractivity contribution in [2.75, 3.05) is 5.43 Å². The molecule has 0 aliphatic carbocycles. The van der Waals surface area contributed by atoms with E-state index in [-0.39, 0.29) is 17.4 Å². The first kappa shape index (κ1) is 19.9. The molecule has 3 aromatic heterocycles. The van der Waals surface area contributed by atoms with E-state index < -0.39 is 0 Å². The number of para-hydroxylation sites is 2. The summed E-state index contributed by atoms with van der Waals surface area (Å²) in [6, 6.07) is 20.4. The van der Waals surface area contributed by atoms with Gasteiger partial charge in [0.05, 0.1) is 32.6 Å². The van der Waals surface area contributed by atoms with Crippen molar-refractivity contribution in [1.82, 2.24) is 20.0 Å². The Morgan fingerprint density at radius 1 is 0.969 bits per heavy atom. The second kappa shape index (κ2) is 8.24. The highest BCUT2D eigenvalue weighted by Gasteiger charge is 2.16. The van der Waals surface area contributed by atoms with E-state index in [0.717, 1.165) is 21.5 Å². The summed E-state index contributed by atoms with van der Waals surface area (Å²) >= 11 is 1.56.